The molecule has 0 aliphatic heterocycles. The van der Waals surface area contributed by atoms with Gasteiger partial charge in [0.15, 0.2) is 0 Å². The Balaban J connectivity index is 2.46. The number of hydrogen-bond donors (Lipinski definition) is 1. The van der Waals surface area contributed by atoms with E-state index in [1.807, 2.05) is 6.92 Å². The molecule has 0 radical (unpaired) electrons. The molecular formula is C13H19ClN2O2S. The Labute approximate surface area is 119 Å². The van der Waals surface area contributed by atoms with Gasteiger partial charge in [0, 0.05) is 12.6 Å². The highest BCUT2D eigenvalue weighted by atomic mass is 35.5. The van der Waals surface area contributed by atoms with Crippen molar-refractivity contribution in [2.75, 3.05) is 12.3 Å². The van der Waals surface area contributed by atoms with Crippen LogP contribution in [0.5, 0.6) is 0 Å². The van der Waals surface area contributed by atoms with Crippen LogP contribution in [0.1, 0.15) is 31.7 Å². The SMILES string of the molecule is CCCN(C1CC1)S(=O)(=O)c1cc(N)c(Cl)cc1C. The summed E-state index contributed by atoms with van der Waals surface area (Å²) in [4.78, 5) is 0.273. The first-order chi connectivity index (χ1) is 8.87. The smallest absolute Gasteiger partial charge is 0.243 e. The average Bonchev–Trinajstić information content (AvgIpc) is 3.14. The highest BCUT2D eigenvalue weighted by Crippen LogP contribution is 2.34. The van der Waals surface area contributed by atoms with E-state index in [1.165, 1.54) is 6.07 Å². The number of hydrogen-bond acceptors (Lipinski definition) is 3. The van der Waals surface area contributed by atoms with E-state index in [4.69, 9.17) is 17.3 Å². The molecule has 4 nitrogen and oxygen atoms in total. The van der Waals surface area contributed by atoms with Crippen LogP contribution in [0.2, 0.25) is 5.02 Å². The fourth-order valence-corrected chi connectivity index (χ4v) is 4.39. The summed E-state index contributed by atoms with van der Waals surface area (Å²) in [5.74, 6) is 0. The predicted octanol–water partition coefficient (Wildman–Crippen LogP) is 2.79. The predicted molar refractivity (Wildman–Crippen MR) is 77.8 cm³/mol. The monoisotopic (exact) mass is 302 g/mol. The molecule has 0 unspecified atom stereocenters. The number of halogens is 1. The minimum Gasteiger partial charge on any atom is -0.397 e. The lowest BCUT2D eigenvalue weighted by atomic mass is 10.2. The van der Waals surface area contributed by atoms with E-state index in [1.54, 1.807) is 17.3 Å². The minimum absolute atomic E-state index is 0.154. The maximum atomic E-state index is 12.7. The second kappa shape index (κ2) is 5.31. The van der Waals surface area contributed by atoms with Gasteiger partial charge in [0.05, 0.1) is 15.6 Å². The number of nitrogens with two attached hydrogens (primary N) is 1. The molecule has 1 aliphatic carbocycles. The zero-order valence-corrected chi connectivity index (χ0v) is 12.8. The van der Waals surface area contributed by atoms with E-state index in [2.05, 4.69) is 0 Å². The van der Waals surface area contributed by atoms with Gasteiger partial charge in [-0.1, -0.05) is 18.5 Å². The molecule has 19 heavy (non-hydrogen) atoms. The van der Waals surface area contributed by atoms with Gasteiger partial charge in [-0.05, 0) is 43.9 Å². The van der Waals surface area contributed by atoms with Crippen LogP contribution >= 0.6 is 11.6 Å². The third kappa shape index (κ3) is 2.88. The van der Waals surface area contributed by atoms with E-state index in [9.17, 15) is 8.42 Å². The molecule has 0 amide bonds. The van der Waals surface area contributed by atoms with E-state index in [0.29, 0.717) is 22.8 Å². The Morgan fingerprint density at radius 2 is 2.05 bits per heavy atom. The first-order valence-electron chi connectivity index (χ1n) is 6.45. The third-order valence-electron chi connectivity index (χ3n) is 3.28. The largest absolute Gasteiger partial charge is 0.397 e. The fraction of sp³-hybridized carbons (Fsp3) is 0.538. The summed E-state index contributed by atoms with van der Waals surface area (Å²) in [7, 11) is -3.48. The molecule has 0 aromatic heterocycles. The number of nitrogen functional groups attached to an aromatic ring is 1. The molecule has 2 N–H and O–H groups in total. The number of anilines is 1. The van der Waals surface area contributed by atoms with Gasteiger partial charge in [-0.25, -0.2) is 8.42 Å². The average molecular weight is 303 g/mol. The van der Waals surface area contributed by atoms with Crippen molar-refractivity contribution in [1.29, 1.82) is 0 Å². The summed E-state index contributed by atoms with van der Waals surface area (Å²) in [6.45, 7) is 4.28. The van der Waals surface area contributed by atoms with Gasteiger partial charge >= 0.3 is 0 Å². The van der Waals surface area contributed by atoms with Crippen molar-refractivity contribution in [3.63, 3.8) is 0 Å². The highest BCUT2D eigenvalue weighted by molar-refractivity contribution is 7.89. The Bertz CT molecular complexity index is 583. The molecule has 1 aromatic carbocycles. The maximum Gasteiger partial charge on any atom is 0.243 e. The van der Waals surface area contributed by atoms with E-state index in [-0.39, 0.29) is 10.9 Å². The van der Waals surface area contributed by atoms with E-state index in [0.717, 1.165) is 19.3 Å². The summed E-state index contributed by atoms with van der Waals surface area (Å²) in [5, 5.41) is 0.393. The zero-order chi connectivity index (χ0) is 14.2. The van der Waals surface area contributed by atoms with Crippen LogP contribution < -0.4 is 5.73 Å². The standard InChI is InChI=1S/C13H19ClN2O2S/c1-3-6-16(10-4-5-10)19(17,18)13-8-12(15)11(14)7-9(13)2/h7-8,10H,3-6,15H2,1-2H3. The first-order valence-corrected chi connectivity index (χ1v) is 8.27. The molecule has 106 valence electrons. The molecule has 0 bridgehead atoms. The van der Waals surface area contributed by atoms with E-state index < -0.39 is 10.0 Å². The summed E-state index contributed by atoms with van der Waals surface area (Å²) >= 11 is 5.92. The number of rotatable bonds is 5. The van der Waals surface area contributed by atoms with Gasteiger partial charge in [0.25, 0.3) is 0 Å². The lowest BCUT2D eigenvalue weighted by molar-refractivity contribution is 0.403. The first kappa shape index (κ1) is 14.6. The summed E-state index contributed by atoms with van der Waals surface area (Å²) < 4.78 is 27.0. The molecule has 0 heterocycles. The van der Waals surface area contributed by atoms with Crippen molar-refractivity contribution >= 4 is 27.3 Å². The number of nitrogens with zero attached hydrogens (tertiary/aromatic N) is 1. The topological polar surface area (TPSA) is 63.4 Å². The van der Waals surface area contributed by atoms with Crippen LogP contribution in [0.3, 0.4) is 0 Å². The number of sulfonamides is 1. The van der Waals surface area contributed by atoms with Gasteiger partial charge in [-0.15, -0.1) is 0 Å². The lowest BCUT2D eigenvalue weighted by Gasteiger charge is -2.22. The number of benzene rings is 1. The number of aryl methyl sites for hydroxylation is 1. The second-order valence-electron chi connectivity index (χ2n) is 4.99. The molecule has 1 fully saturated rings. The van der Waals surface area contributed by atoms with Crippen LogP contribution in [0.4, 0.5) is 5.69 Å². The Morgan fingerprint density at radius 1 is 1.42 bits per heavy atom. The van der Waals surface area contributed by atoms with Crippen molar-refractivity contribution < 1.29 is 8.42 Å². The van der Waals surface area contributed by atoms with E-state index >= 15 is 0 Å². The molecule has 0 spiro atoms. The van der Waals surface area contributed by atoms with Crippen LogP contribution in [-0.4, -0.2) is 25.3 Å². The quantitative estimate of drug-likeness (QED) is 0.851. The van der Waals surface area contributed by atoms with Gasteiger partial charge in [0.1, 0.15) is 0 Å². The Hall–Kier alpha value is -0.780. The fourth-order valence-electron chi connectivity index (χ4n) is 2.15. The lowest BCUT2D eigenvalue weighted by Crippen LogP contribution is -2.34. The molecule has 6 heteroatoms. The molecule has 1 aliphatic rings. The van der Waals surface area contributed by atoms with Gasteiger partial charge in [0.2, 0.25) is 10.0 Å². The minimum atomic E-state index is -3.48. The molecule has 1 saturated carbocycles. The summed E-state index contributed by atoms with van der Waals surface area (Å²) in [5.41, 5.74) is 6.68. The van der Waals surface area contributed by atoms with Crippen molar-refractivity contribution in [2.45, 2.75) is 44.0 Å². The third-order valence-corrected chi connectivity index (χ3v) is 5.70. The van der Waals surface area contributed by atoms with Crippen molar-refractivity contribution in [3.8, 4) is 0 Å². The van der Waals surface area contributed by atoms with Gasteiger partial charge in [-0.3, -0.25) is 0 Å². The highest BCUT2D eigenvalue weighted by Gasteiger charge is 2.38. The van der Waals surface area contributed by atoms with Crippen LogP contribution in [-0.2, 0) is 10.0 Å². The van der Waals surface area contributed by atoms with Crippen LogP contribution in [0.25, 0.3) is 0 Å². The van der Waals surface area contributed by atoms with Crippen molar-refractivity contribution in [2.24, 2.45) is 0 Å². The van der Waals surface area contributed by atoms with Crippen LogP contribution in [0, 0.1) is 6.92 Å². The van der Waals surface area contributed by atoms with Crippen molar-refractivity contribution in [3.05, 3.63) is 22.7 Å². The Morgan fingerprint density at radius 3 is 2.58 bits per heavy atom. The molecule has 1 aromatic rings. The van der Waals surface area contributed by atoms with Crippen LogP contribution in [0.15, 0.2) is 17.0 Å². The summed E-state index contributed by atoms with van der Waals surface area (Å²) in [6, 6.07) is 3.24. The summed E-state index contributed by atoms with van der Waals surface area (Å²) in [6.07, 6.45) is 2.69. The Kier molecular flexibility index (Phi) is 4.08. The van der Waals surface area contributed by atoms with Crippen molar-refractivity contribution in [1.82, 2.24) is 4.31 Å². The molecule has 0 atom stereocenters. The van der Waals surface area contributed by atoms with Gasteiger partial charge in [-0.2, -0.15) is 4.31 Å². The molecular weight excluding hydrogens is 284 g/mol. The maximum absolute atomic E-state index is 12.7. The molecule has 2 rings (SSSR count). The molecule has 0 saturated heterocycles. The second-order valence-corrected chi connectivity index (χ2v) is 7.25. The zero-order valence-electron chi connectivity index (χ0n) is 11.2. The van der Waals surface area contributed by atoms with Gasteiger partial charge < -0.3 is 5.73 Å². The normalized spacial score (nSPS) is 16.0.